The second-order valence-corrected chi connectivity index (χ2v) is 10.9. The number of carbonyl (C=O) groups is 2. The minimum Gasteiger partial charge on any atom is -0.481 e. The normalized spacial score (nSPS) is 15.4. The number of amides is 2. The van der Waals surface area contributed by atoms with Gasteiger partial charge in [0.25, 0.3) is 5.91 Å². The van der Waals surface area contributed by atoms with Crippen molar-refractivity contribution in [2.75, 3.05) is 13.7 Å². The third-order valence-corrected chi connectivity index (χ3v) is 7.41. The molecule has 2 amide bonds. The number of aryl methyl sites for hydroxylation is 1. The summed E-state index contributed by atoms with van der Waals surface area (Å²) in [5.74, 6) is -1.42. The molecule has 3 aromatic rings. The highest BCUT2D eigenvalue weighted by molar-refractivity contribution is 6.04. The van der Waals surface area contributed by atoms with Crippen molar-refractivity contribution < 1.29 is 27.8 Å². The maximum Gasteiger partial charge on any atom is 0.417 e. The Labute approximate surface area is 233 Å². The number of allylic oxidation sites excluding steroid dienone is 1. The van der Waals surface area contributed by atoms with E-state index in [-0.39, 0.29) is 23.7 Å². The molecule has 10 heteroatoms. The summed E-state index contributed by atoms with van der Waals surface area (Å²) < 4.78 is 43.4. The van der Waals surface area contributed by atoms with Gasteiger partial charge >= 0.3 is 6.09 Å². The van der Waals surface area contributed by atoms with Crippen LogP contribution in [0, 0.1) is 11.6 Å². The Balaban J connectivity index is 1.77. The zero-order valence-corrected chi connectivity index (χ0v) is 24.1. The highest BCUT2D eigenvalue weighted by Gasteiger charge is 2.38. The number of halogens is 2. The largest absolute Gasteiger partial charge is 0.481 e. The molecule has 214 valence electrons. The number of benzene rings is 1. The summed E-state index contributed by atoms with van der Waals surface area (Å²) in [4.78, 5) is 31.4. The number of carbonyl (C=O) groups excluding carboxylic acids is 2. The van der Waals surface area contributed by atoms with E-state index >= 15 is 4.39 Å². The maximum atomic E-state index is 15.8. The molecule has 0 N–H and O–H groups in total. The van der Waals surface area contributed by atoms with Crippen LogP contribution in [0.3, 0.4) is 0 Å². The highest BCUT2D eigenvalue weighted by atomic mass is 19.1. The number of likely N-dealkylation sites (tertiary alicyclic amines) is 1. The average Bonchev–Trinajstić information content (AvgIpc) is 3.49. The molecule has 1 fully saturated rings. The minimum absolute atomic E-state index is 0.0490. The molecule has 0 bridgehead atoms. The summed E-state index contributed by atoms with van der Waals surface area (Å²) in [6.45, 7) is 11.7. The molecule has 0 saturated carbocycles. The highest BCUT2D eigenvalue weighted by Crippen LogP contribution is 2.42. The predicted octanol–water partition coefficient (Wildman–Crippen LogP) is 6.56. The van der Waals surface area contributed by atoms with Crippen molar-refractivity contribution in [1.82, 2.24) is 19.7 Å². The Hall–Kier alpha value is -3.82. The molecule has 2 aromatic heterocycles. The third kappa shape index (κ3) is 5.31. The van der Waals surface area contributed by atoms with E-state index < -0.39 is 34.7 Å². The fourth-order valence-corrected chi connectivity index (χ4v) is 5.20. The molecule has 0 atom stereocenters. The van der Waals surface area contributed by atoms with E-state index in [0.717, 1.165) is 4.90 Å². The van der Waals surface area contributed by atoms with Crippen molar-refractivity contribution in [2.24, 2.45) is 0 Å². The Bertz CT molecular complexity index is 1490. The van der Waals surface area contributed by atoms with E-state index in [9.17, 15) is 14.0 Å². The smallest absolute Gasteiger partial charge is 0.417 e. The second kappa shape index (κ2) is 11.0. The van der Waals surface area contributed by atoms with Crippen LogP contribution >= 0.6 is 0 Å². The standard InChI is InChI=1S/C30H36F2N4O4/c1-8-30(9-2,16-18-11-12-35(27(18)37)28(38)40-29(4,5)6)21-15-23(32)25(34-26(21)39-7)19-13-22(31)20-17-33-36(10-3)24(20)14-19/h13-17H,8-12H2,1-7H3/b18-16+. The van der Waals surface area contributed by atoms with E-state index in [1.54, 1.807) is 31.5 Å². The molecular weight excluding hydrogens is 518 g/mol. The van der Waals surface area contributed by atoms with Crippen LogP contribution in [0.5, 0.6) is 5.88 Å². The Morgan fingerprint density at radius 2 is 1.80 bits per heavy atom. The number of hydrogen-bond acceptors (Lipinski definition) is 6. The lowest BCUT2D eigenvalue weighted by Crippen LogP contribution is -2.37. The molecule has 0 radical (unpaired) electrons. The van der Waals surface area contributed by atoms with Crippen LogP contribution in [0.2, 0.25) is 0 Å². The van der Waals surface area contributed by atoms with Gasteiger partial charge in [-0.3, -0.25) is 9.48 Å². The Kier molecular flexibility index (Phi) is 8.01. The van der Waals surface area contributed by atoms with Gasteiger partial charge < -0.3 is 9.47 Å². The number of aromatic nitrogens is 3. The maximum absolute atomic E-state index is 15.8. The monoisotopic (exact) mass is 554 g/mol. The summed E-state index contributed by atoms with van der Waals surface area (Å²) in [7, 11) is 1.44. The zero-order valence-electron chi connectivity index (χ0n) is 24.1. The summed E-state index contributed by atoms with van der Waals surface area (Å²) in [5.41, 5.74) is 0.131. The molecule has 40 heavy (non-hydrogen) atoms. The number of rotatable bonds is 7. The lowest BCUT2D eigenvalue weighted by atomic mass is 9.74. The van der Waals surface area contributed by atoms with Gasteiger partial charge in [0.2, 0.25) is 5.88 Å². The number of nitrogens with zero attached hydrogens (tertiary/aromatic N) is 4. The van der Waals surface area contributed by atoms with Crippen LogP contribution in [0.1, 0.15) is 66.4 Å². The van der Waals surface area contributed by atoms with Crippen molar-refractivity contribution in [3.8, 4) is 17.1 Å². The van der Waals surface area contributed by atoms with E-state index in [4.69, 9.17) is 9.47 Å². The van der Waals surface area contributed by atoms with Crippen molar-refractivity contribution in [3.63, 3.8) is 0 Å². The summed E-state index contributed by atoms with van der Waals surface area (Å²) in [6.07, 6.45) is 3.94. The second-order valence-electron chi connectivity index (χ2n) is 10.9. The summed E-state index contributed by atoms with van der Waals surface area (Å²) >= 11 is 0. The summed E-state index contributed by atoms with van der Waals surface area (Å²) in [5, 5.41) is 4.54. The molecule has 3 heterocycles. The molecule has 1 aliphatic heterocycles. The SMILES string of the molecule is CCn1ncc2c(F)cc(-c3nc(OC)c(C(/C=C4\CCN(C(=O)OC(C)(C)C)C4=O)(CC)CC)cc3F)cc21. The van der Waals surface area contributed by atoms with Gasteiger partial charge in [0, 0.05) is 35.2 Å². The fourth-order valence-electron chi connectivity index (χ4n) is 5.20. The van der Waals surface area contributed by atoms with Gasteiger partial charge in [0.15, 0.2) is 0 Å². The van der Waals surface area contributed by atoms with Crippen LogP contribution < -0.4 is 4.74 Å². The first-order valence-corrected chi connectivity index (χ1v) is 13.5. The number of fused-ring (bicyclic) bond motifs is 1. The molecule has 8 nitrogen and oxygen atoms in total. The van der Waals surface area contributed by atoms with E-state index in [1.165, 1.54) is 25.4 Å². The van der Waals surface area contributed by atoms with Crippen LogP contribution in [0.15, 0.2) is 36.0 Å². The quantitative estimate of drug-likeness (QED) is 0.308. The first kappa shape index (κ1) is 29.2. The van der Waals surface area contributed by atoms with Crippen molar-refractivity contribution >= 4 is 22.9 Å². The van der Waals surface area contributed by atoms with E-state index in [1.807, 2.05) is 26.8 Å². The molecular formula is C30H36F2N4O4. The van der Waals surface area contributed by atoms with Gasteiger partial charge in [0.05, 0.1) is 24.2 Å². The van der Waals surface area contributed by atoms with Crippen molar-refractivity contribution in [3.05, 3.63) is 53.2 Å². The zero-order chi connectivity index (χ0) is 29.4. The van der Waals surface area contributed by atoms with Crippen LogP contribution in [0.4, 0.5) is 13.6 Å². The van der Waals surface area contributed by atoms with Gasteiger partial charge in [-0.05, 0) is 65.2 Å². The fraction of sp³-hybridized carbons (Fsp3) is 0.467. The minimum atomic E-state index is -0.803. The Morgan fingerprint density at radius 3 is 2.40 bits per heavy atom. The number of ether oxygens (including phenoxy) is 2. The van der Waals surface area contributed by atoms with Gasteiger partial charge in [-0.1, -0.05) is 19.9 Å². The predicted molar refractivity (Wildman–Crippen MR) is 148 cm³/mol. The lowest BCUT2D eigenvalue weighted by Gasteiger charge is -2.31. The van der Waals surface area contributed by atoms with Crippen LogP contribution in [-0.2, 0) is 21.5 Å². The summed E-state index contributed by atoms with van der Waals surface area (Å²) in [6, 6.07) is 4.26. The first-order valence-electron chi connectivity index (χ1n) is 13.5. The molecule has 1 saturated heterocycles. The van der Waals surface area contributed by atoms with Crippen LogP contribution in [-0.4, -0.2) is 50.9 Å². The molecule has 0 spiro atoms. The van der Waals surface area contributed by atoms with Crippen molar-refractivity contribution in [2.45, 2.75) is 78.4 Å². The van der Waals surface area contributed by atoms with Gasteiger partial charge in [-0.15, -0.1) is 0 Å². The number of imide groups is 1. The molecule has 0 unspecified atom stereocenters. The number of methoxy groups -OCH3 is 1. The Morgan fingerprint density at radius 1 is 1.10 bits per heavy atom. The van der Waals surface area contributed by atoms with Crippen LogP contribution in [0.25, 0.3) is 22.2 Å². The van der Waals surface area contributed by atoms with E-state index in [0.29, 0.717) is 47.8 Å². The molecule has 1 aromatic carbocycles. The number of pyridine rings is 1. The molecule has 4 rings (SSSR count). The van der Waals surface area contributed by atoms with Gasteiger partial charge in [-0.2, -0.15) is 5.10 Å². The lowest BCUT2D eigenvalue weighted by molar-refractivity contribution is -0.124. The average molecular weight is 555 g/mol. The number of hydrogen-bond donors (Lipinski definition) is 0. The topological polar surface area (TPSA) is 86.6 Å². The molecule has 0 aliphatic carbocycles. The third-order valence-electron chi connectivity index (χ3n) is 7.41. The van der Waals surface area contributed by atoms with Gasteiger partial charge in [-0.25, -0.2) is 23.5 Å². The van der Waals surface area contributed by atoms with E-state index in [2.05, 4.69) is 10.1 Å². The first-order chi connectivity index (χ1) is 18.9. The molecule has 1 aliphatic rings. The van der Waals surface area contributed by atoms with Gasteiger partial charge in [0.1, 0.15) is 22.9 Å². The van der Waals surface area contributed by atoms with Crippen molar-refractivity contribution in [1.29, 1.82) is 0 Å².